The van der Waals surface area contributed by atoms with E-state index in [0.29, 0.717) is 6.42 Å². The van der Waals surface area contributed by atoms with Crippen molar-refractivity contribution in [2.75, 3.05) is 6.54 Å². The van der Waals surface area contributed by atoms with Gasteiger partial charge in [0.1, 0.15) is 11.4 Å². The van der Waals surface area contributed by atoms with Crippen LogP contribution in [-0.4, -0.2) is 40.7 Å². The van der Waals surface area contributed by atoms with E-state index in [1.165, 1.54) is 11.8 Å². The van der Waals surface area contributed by atoms with Gasteiger partial charge in [-0.25, -0.2) is 4.79 Å². The molecule has 18 heavy (non-hydrogen) atoms. The van der Waals surface area contributed by atoms with Crippen LogP contribution in [0.4, 0.5) is 4.79 Å². The average Bonchev–Trinajstić information content (AvgIpc) is 2.17. The van der Waals surface area contributed by atoms with Gasteiger partial charge in [0, 0.05) is 6.04 Å². The number of nitrogens with zero attached hydrogens (tertiary/aromatic N) is 1. The SMILES string of the molecule is CC(=O)C1CC(C)N(C(=O)OC(C)(C)C)CC1=O. The molecule has 102 valence electrons. The zero-order valence-electron chi connectivity index (χ0n) is 11.6. The number of likely N-dealkylation sites (tertiary alicyclic amines) is 1. The van der Waals surface area contributed by atoms with E-state index in [-0.39, 0.29) is 24.2 Å². The first-order valence-corrected chi connectivity index (χ1v) is 6.14. The van der Waals surface area contributed by atoms with Crippen molar-refractivity contribution in [1.82, 2.24) is 4.90 Å². The van der Waals surface area contributed by atoms with Gasteiger partial charge in [0.2, 0.25) is 0 Å². The van der Waals surface area contributed by atoms with E-state index in [9.17, 15) is 14.4 Å². The summed E-state index contributed by atoms with van der Waals surface area (Å²) in [6, 6.07) is -0.161. The molecule has 1 aliphatic rings. The number of carbonyl (C=O) groups excluding carboxylic acids is 3. The molecule has 1 rings (SSSR count). The molecule has 0 radical (unpaired) electrons. The second-order valence-electron chi connectivity index (χ2n) is 5.82. The highest BCUT2D eigenvalue weighted by Crippen LogP contribution is 2.23. The molecule has 1 aliphatic heterocycles. The lowest BCUT2D eigenvalue weighted by atomic mass is 9.88. The van der Waals surface area contributed by atoms with E-state index in [4.69, 9.17) is 4.74 Å². The Kier molecular flexibility index (Phi) is 4.14. The normalized spacial score (nSPS) is 24.9. The molecule has 0 saturated carbocycles. The Hall–Kier alpha value is -1.39. The molecule has 1 fully saturated rings. The van der Waals surface area contributed by atoms with Crippen molar-refractivity contribution in [1.29, 1.82) is 0 Å². The van der Waals surface area contributed by atoms with Gasteiger partial charge in [-0.15, -0.1) is 0 Å². The van der Waals surface area contributed by atoms with Gasteiger partial charge in [0.15, 0.2) is 5.78 Å². The molecule has 1 saturated heterocycles. The predicted molar refractivity (Wildman–Crippen MR) is 66.2 cm³/mol. The second-order valence-corrected chi connectivity index (χ2v) is 5.82. The van der Waals surface area contributed by atoms with Crippen molar-refractivity contribution in [2.45, 2.75) is 52.7 Å². The highest BCUT2D eigenvalue weighted by Gasteiger charge is 2.38. The number of ether oxygens (including phenoxy) is 1. The first-order valence-electron chi connectivity index (χ1n) is 6.14. The van der Waals surface area contributed by atoms with Crippen LogP contribution in [0.2, 0.25) is 0 Å². The summed E-state index contributed by atoms with van der Waals surface area (Å²) in [5.41, 5.74) is -0.586. The smallest absolute Gasteiger partial charge is 0.410 e. The zero-order valence-corrected chi connectivity index (χ0v) is 11.6. The van der Waals surface area contributed by atoms with Crippen LogP contribution < -0.4 is 0 Å². The van der Waals surface area contributed by atoms with Gasteiger partial charge >= 0.3 is 6.09 Å². The lowest BCUT2D eigenvalue weighted by molar-refractivity contribution is -0.136. The van der Waals surface area contributed by atoms with E-state index in [1.54, 1.807) is 20.8 Å². The standard InChI is InChI=1S/C13H21NO4/c1-8-6-10(9(2)15)11(16)7-14(8)12(17)18-13(3,4)5/h8,10H,6-7H2,1-5H3. The van der Waals surface area contributed by atoms with Crippen LogP contribution in [-0.2, 0) is 14.3 Å². The van der Waals surface area contributed by atoms with Gasteiger partial charge in [0.25, 0.3) is 0 Å². The maximum absolute atomic E-state index is 11.9. The summed E-state index contributed by atoms with van der Waals surface area (Å²) in [5.74, 6) is -0.902. The van der Waals surface area contributed by atoms with Crippen molar-refractivity contribution in [2.24, 2.45) is 5.92 Å². The van der Waals surface area contributed by atoms with Gasteiger partial charge in [-0.05, 0) is 41.0 Å². The molecule has 0 aromatic rings. The summed E-state index contributed by atoms with van der Waals surface area (Å²) in [4.78, 5) is 36.4. The molecular formula is C13H21NO4. The first-order chi connectivity index (χ1) is 8.11. The van der Waals surface area contributed by atoms with E-state index < -0.39 is 17.6 Å². The highest BCUT2D eigenvalue weighted by atomic mass is 16.6. The fraction of sp³-hybridized carbons (Fsp3) is 0.769. The van der Waals surface area contributed by atoms with Crippen molar-refractivity contribution < 1.29 is 19.1 Å². The third-order valence-corrected chi connectivity index (χ3v) is 2.94. The number of rotatable bonds is 1. The van der Waals surface area contributed by atoms with Crippen molar-refractivity contribution in [3.8, 4) is 0 Å². The minimum absolute atomic E-state index is 0.0413. The number of amides is 1. The number of hydrogen-bond acceptors (Lipinski definition) is 4. The molecule has 2 unspecified atom stereocenters. The van der Waals surface area contributed by atoms with Gasteiger partial charge in [-0.2, -0.15) is 0 Å². The van der Waals surface area contributed by atoms with Crippen LogP contribution in [0.25, 0.3) is 0 Å². The zero-order chi connectivity index (χ0) is 14.1. The quantitative estimate of drug-likeness (QED) is 0.670. The number of ketones is 2. The monoisotopic (exact) mass is 255 g/mol. The highest BCUT2D eigenvalue weighted by molar-refractivity contribution is 6.03. The van der Waals surface area contributed by atoms with Crippen LogP contribution in [0.3, 0.4) is 0 Å². The van der Waals surface area contributed by atoms with Gasteiger partial charge < -0.3 is 4.74 Å². The summed E-state index contributed by atoms with van der Waals surface area (Å²) < 4.78 is 5.24. The fourth-order valence-corrected chi connectivity index (χ4v) is 1.99. The summed E-state index contributed by atoms with van der Waals surface area (Å²) in [6.45, 7) is 8.53. The largest absolute Gasteiger partial charge is 0.444 e. The Labute approximate surface area is 107 Å². The third kappa shape index (κ3) is 3.55. The first kappa shape index (κ1) is 14.7. The number of hydrogen-bond donors (Lipinski definition) is 0. The summed E-state index contributed by atoms with van der Waals surface area (Å²) >= 11 is 0. The van der Waals surface area contributed by atoms with Crippen molar-refractivity contribution in [3.05, 3.63) is 0 Å². The Bertz CT molecular complexity index is 370. The summed E-state index contributed by atoms with van der Waals surface area (Å²) in [5, 5.41) is 0. The van der Waals surface area contributed by atoms with Crippen LogP contribution >= 0.6 is 0 Å². The molecule has 5 heteroatoms. The molecule has 1 heterocycles. The molecule has 2 atom stereocenters. The molecule has 0 aromatic carbocycles. The average molecular weight is 255 g/mol. The molecule has 0 spiro atoms. The van der Waals surface area contributed by atoms with Crippen LogP contribution in [0, 0.1) is 5.92 Å². The molecule has 0 aliphatic carbocycles. The fourth-order valence-electron chi connectivity index (χ4n) is 1.99. The Morgan fingerprint density at radius 1 is 1.33 bits per heavy atom. The van der Waals surface area contributed by atoms with Crippen LogP contribution in [0.15, 0.2) is 0 Å². The molecule has 0 bridgehead atoms. The molecule has 0 aromatic heterocycles. The van der Waals surface area contributed by atoms with Crippen molar-refractivity contribution >= 4 is 17.7 Å². The lowest BCUT2D eigenvalue weighted by Crippen LogP contribution is -2.52. The predicted octanol–water partition coefficient (Wildman–Crippen LogP) is 1.79. The van der Waals surface area contributed by atoms with E-state index in [1.807, 2.05) is 6.92 Å². The van der Waals surface area contributed by atoms with Crippen LogP contribution in [0.1, 0.15) is 41.0 Å². The number of piperidine rings is 1. The maximum atomic E-state index is 11.9. The minimum atomic E-state index is -0.586. The van der Waals surface area contributed by atoms with Crippen molar-refractivity contribution in [3.63, 3.8) is 0 Å². The Morgan fingerprint density at radius 3 is 2.33 bits per heavy atom. The Balaban J connectivity index is 2.73. The molecular weight excluding hydrogens is 234 g/mol. The minimum Gasteiger partial charge on any atom is -0.444 e. The van der Waals surface area contributed by atoms with Crippen LogP contribution in [0.5, 0.6) is 0 Å². The van der Waals surface area contributed by atoms with E-state index in [0.717, 1.165) is 0 Å². The van der Waals surface area contributed by atoms with E-state index in [2.05, 4.69) is 0 Å². The Morgan fingerprint density at radius 2 is 1.89 bits per heavy atom. The topological polar surface area (TPSA) is 63.7 Å². The third-order valence-electron chi connectivity index (χ3n) is 2.94. The molecule has 1 amide bonds. The summed E-state index contributed by atoms with van der Waals surface area (Å²) in [6.07, 6.45) is -0.113. The van der Waals surface area contributed by atoms with Gasteiger partial charge in [0.05, 0.1) is 12.5 Å². The summed E-state index contributed by atoms with van der Waals surface area (Å²) in [7, 11) is 0. The second kappa shape index (κ2) is 5.08. The molecule has 0 N–H and O–H groups in total. The maximum Gasteiger partial charge on any atom is 0.410 e. The van der Waals surface area contributed by atoms with Gasteiger partial charge in [-0.3, -0.25) is 14.5 Å². The number of carbonyl (C=O) groups is 3. The van der Waals surface area contributed by atoms with E-state index >= 15 is 0 Å². The molecule has 5 nitrogen and oxygen atoms in total. The lowest BCUT2D eigenvalue weighted by Gasteiger charge is -2.36. The number of Topliss-reactive ketones (excluding diaryl/α,β-unsaturated/α-hetero) is 2. The van der Waals surface area contributed by atoms with Gasteiger partial charge in [-0.1, -0.05) is 0 Å².